The van der Waals surface area contributed by atoms with Crippen LogP contribution in [0.4, 0.5) is 5.69 Å². The van der Waals surface area contributed by atoms with Crippen LogP contribution in [0, 0.1) is 11.3 Å². The standard InChI is InChI=1S/C14H18BrN3/c1-11-9-17(2)10-14(6-7-16)18(11)13-5-3-4-12(15)8-13/h3-5,8,11,14H,6,9-10H2,1-2H3. The van der Waals surface area contributed by atoms with Gasteiger partial charge < -0.3 is 9.80 Å². The molecule has 0 spiro atoms. The summed E-state index contributed by atoms with van der Waals surface area (Å²) in [5.74, 6) is 0. The molecule has 4 heteroatoms. The van der Waals surface area contributed by atoms with E-state index in [2.05, 4.69) is 57.9 Å². The van der Waals surface area contributed by atoms with Crippen LogP contribution in [0.25, 0.3) is 0 Å². The Morgan fingerprint density at radius 3 is 2.89 bits per heavy atom. The van der Waals surface area contributed by atoms with Crippen molar-refractivity contribution >= 4 is 21.6 Å². The highest BCUT2D eigenvalue weighted by Gasteiger charge is 2.30. The van der Waals surface area contributed by atoms with E-state index in [0.29, 0.717) is 12.5 Å². The van der Waals surface area contributed by atoms with Gasteiger partial charge in [-0.3, -0.25) is 0 Å². The first-order valence-corrected chi connectivity index (χ1v) is 7.00. The molecule has 1 aromatic rings. The monoisotopic (exact) mass is 307 g/mol. The third kappa shape index (κ3) is 2.85. The van der Waals surface area contributed by atoms with Gasteiger partial charge in [0, 0.05) is 29.3 Å². The minimum Gasteiger partial charge on any atom is -0.362 e. The Balaban J connectivity index is 2.29. The Morgan fingerprint density at radius 1 is 1.44 bits per heavy atom. The molecule has 1 fully saturated rings. The second-order valence-electron chi connectivity index (χ2n) is 4.97. The molecule has 0 aromatic heterocycles. The average Bonchev–Trinajstić information content (AvgIpc) is 2.28. The Labute approximate surface area is 117 Å². The molecule has 0 radical (unpaired) electrons. The Morgan fingerprint density at radius 2 is 2.22 bits per heavy atom. The van der Waals surface area contributed by atoms with Crippen LogP contribution in [0.2, 0.25) is 0 Å². The van der Waals surface area contributed by atoms with Gasteiger partial charge >= 0.3 is 0 Å². The maximum atomic E-state index is 9.01. The van der Waals surface area contributed by atoms with Gasteiger partial charge in [0.1, 0.15) is 0 Å². The number of benzene rings is 1. The van der Waals surface area contributed by atoms with Crippen molar-refractivity contribution in [1.82, 2.24) is 4.90 Å². The zero-order chi connectivity index (χ0) is 13.1. The topological polar surface area (TPSA) is 30.3 Å². The number of nitriles is 1. The van der Waals surface area contributed by atoms with E-state index in [4.69, 9.17) is 5.26 Å². The van der Waals surface area contributed by atoms with Crippen molar-refractivity contribution in [3.63, 3.8) is 0 Å². The number of piperazine rings is 1. The molecule has 0 amide bonds. The lowest BCUT2D eigenvalue weighted by Gasteiger charge is -2.45. The highest BCUT2D eigenvalue weighted by molar-refractivity contribution is 9.10. The molecule has 2 atom stereocenters. The fourth-order valence-corrected chi connectivity index (χ4v) is 3.18. The van der Waals surface area contributed by atoms with E-state index >= 15 is 0 Å². The van der Waals surface area contributed by atoms with Crippen LogP contribution in [-0.4, -0.2) is 37.1 Å². The summed E-state index contributed by atoms with van der Waals surface area (Å²) in [6.07, 6.45) is 0.571. The van der Waals surface area contributed by atoms with E-state index in [-0.39, 0.29) is 6.04 Å². The molecule has 0 saturated carbocycles. The maximum absolute atomic E-state index is 9.01. The zero-order valence-electron chi connectivity index (χ0n) is 10.8. The minimum atomic E-state index is 0.276. The second-order valence-corrected chi connectivity index (χ2v) is 5.89. The first-order chi connectivity index (χ1) is 8.61. The Hall–Kier alpha value is -1.05. The molecule has 0 aliphatic carbocycles. The van der Waals surface area contributed by atoms with Crippen molar-refractivity contribution in [2.24, 2.45) is 0 Å². The van der Waals surface area contributed by atoms with Crippen LogP contribution < -0.4 is 4.90 Å². The van der Waals surface area contributed by atoms with Crippen LogP contribution in [0.15, 0.2) is 28.7 Å². The van der Waals surface area contributed by atoms with Crippen LogP contribution in [-0.2, 0) is 0 Å². The van der Waals surface area contributed by atoms with Gasteiger partial charge in [-0.1, -0.05) is 22.0 Å². The van der Waals surface area contributed by atoms with Crippen molar-refractivity contribution < 1.29 is 0 Å². The van der Waals surface area contributed by atoms with Gasteiger partial charge in [0.05, 0.1) is 18.5 Å². The van der Waals surface area contributed by atoms with Gasteiger partial charge in [-0.25, -0.2) is 0 Å². The number of hydrogen-bond acceptors (Lipinski definition) is 3. The molecule has 1 aliphatic heterocycles. The molecule has 1 saturated heterocycles. The summed E-state index contributed by atoms with van der Waals surface area (Å²) >= 11 is 3.52. The minimum absolute atomic E-state index is 0.276. The van der Waals surface area contributed by atoms with Gasteiger partial charge in [0.2, 0.25) is 0 Å². The molecule has 1 aliphatic rings. The normalized spacial score (nSPS) is 24.9. The van der Waals surface area contributed by atoms with Crippen molar-refractivity contribution in [2.75, 3.05) is 25.0 Å². The van der Waals surface area contributed by atoms with Crippen LogP contribution >= 0.6 is 15.9 Å². The molecular formula is C14H18BrN3. The smallest absolute Gasteiger partial charge is 0.0643 e. The highest BCUT2D eigenvalue weighted by Crippen LogP contribution is 2.27. The summed E-state index contributed by atoms with van der Waals surface area (Å²) in [7, 11) is 2.12. The first-order valence-electron chi connectivity index (χ1n) is 6.21. The van der Waals surface area contributed by atoms with E-state index in [1.807, 2.05) is 12.1 Å². The molecule has 96 valence electrons. The number of hydrogen-bond donors (Lipinski definition) is 0. The van der Waals surface area contributed by atoms with E-state index in [1.54, 1.807) is 0 Å². The fraction of sp³-hybridized carbons (Fsp3) is 0.500. The first kappa shape index (κ1) is 13.4. The number of anilines is 1. The van der Waals surface area contributed by atoms with E-state index < -0.39 is 0 Å². The number of likely N-dealkylation sites (N-methyl/N-ethyl adjacent to an activating group) is 1. The van der Waals surface area contributed by atoms with Gasteiger partial charge in [-0.15, -0.1) is 0 Å². The van der Waals surface area contributed by atoms with Gasteiger partial charge in [0.15, 0.2) is 0 Å². The summed E-state index contributed by atoms with van der Waals surface area (Å²) < 4.78 is 1.09. The van der Waals surface area contributed by atoms with Crippen molar-refractivity contribution in [3.05, 3.63) is 28.7 Å². The highest BCUT2D eigenvalue weighted by atomic mass is 79.9. The van der Waals surface area contributed by atoms with Crippen LogP contribution in [0.3, 0.4) is 0 Å². The summed E-state index contributed by atoms with van der Waals surface area (Å²) in [4.78, 5) is 4.69. The predicted molar refractivity (Wildman–Crippen MR) is 77.6 cm³/mol. The lowest BCUT2D eigenvalue weighted by atomic mass is 10.0. The van der Waals surface area contributed by atoms with E-state index in [1.165, 1.54) is 5.69 Å². The molecule has 18 heavy (non-hydrogen) atoms. The number of nitrogens with zero attached hydrogens (tertiary/aromatic N) is 3. The van der Waals surface area contributed by atoms with E-state index in [9.17, 15) is 0 Å². The van der Waals surface area contributed by atoms with Crippen molar-refractivity contribution in [1.29, 1.82) is 5.26 Å². The Kier molecular flexibility index (Phi) is 4.26. The quantitative estimate of drug-likeness (QED) is 0.841. The third-order valence-corrected chi connectivity index (χ3v) is 3.89. The molecule has 0 bridgehead atoms. The second kappa shape index (κ2) is 5.73. The molecule has 1 aromatic carbocycles. The van der Waals surface area contributed by atoms with Crippen LogP contribution in [0.1, 0.15) is 13.3 Å². The van der Waals surface area contributed by atoms with E-state index in [0.717, 1.165) is 17.6 Å². The molecule has 2 unspecified atom stereocenters. The zero-order valence-corrected chi connectivity index (χ0v) is 12.4. The molecule has 3 nitrogen and oxygen atoms in total. The van der Waals surface area contributed by atoms with Crippen molar-refractivity contribution in [3.8, 4) is 6.07 Å². The summed E-state index contributed by atoms with van der Waals surface area (Å²) in [6.45, 7) is 4.21. The van der Waals surface area contributed by atoms with Crippen molar-refractivity contribution in [2.45, 2.75) is 25.4 Å². The third-order valence-electron chi connectivity index (χ3n) is 3.40. The van der Waals surface area contributed by atoms with Gasteiger partial charge in [0.25, 0.3) is 0 Å². The summed E-state index contributed by atoms with van der Waals surface area (Å²) in [6, 6.07) is 11.3. The van der Waals surface area contributed by atoms with Gasteiger partial charge in [-0.05, 0) is 32.2 Å². The maximum Gasteiger partial charge on any atom is 0.0643 e. The summed E-state index contributed by atoms with van der Waals surface area (Å²) in [5.41, 5.74) is 1.20. The largest absolute Gasteiger partial charge is 0.362 e. The lowest BCUT2D eigenvalue weighted by Crippen LogP contribution is -2.56. The average molecular weight is 308 g/mol. The molecule has 2 rings (SSSR count). The summed E-state index contributed by atoms with van der Waals surface area (Å²) in [5, 5.41) is 9.01. The molecular weight excluding hydrogens is 290 g/mol. The molecule has 0 N–H and O–H groups in total. The number of halogens is 1. The predicted octanol–water partition coefficient (Wildman–Crippen LogP) is 2.87. The molecule has 1 heterocycles. The fourth-order valence-electron chi connectivity index (χ4n) is 2.79. The Bertz CT molecular complexity index is 455. The SMILES string of the molecule is CC1CN(C)CC(CC#N)N1c1cccc(Br)c1. The number of rotatable bonds is 2. The van der Waals surface area contributed by atoms with Gasteiger partial charge in [-0.2, -0.15) is 5.26 Å². The van der Waals surface area contributed by atoms with Crippen LogP contribution in [0.5, 0.6) is 0 Å². The lowest BCUT2D eigenvalue weighted by molar-refractivity contribution is 0.233.